The highest BCUT2D eigenvalue weighted by atomic mass is 32.2. The second-order valence-corrected chi connectivity index (χ2v) is 7.28. The van der Waals surface area contributed by atoms with Gasteiger partial charge in [-0.1, -0.05) is 0 Å². The summed E-state index contributed by atoms with van der Waals surface area (Å²) in [6.07, 6.45) is 0. The molecule has 0 spiro atoms. The van der Waals surface area contributed by atoms with Gasteiger partial charge in [0.2, 0.25) is 0 Å². The monoisotopic (exact) mass is 243 g/mol. The van der Waals surface area contributed by atoms with Crippen molar-refractivity contribution in [3.8, 4) is 0 Å². The predicted octanol–water partition coefficient (Wildman–Crippen LogP) is 1.83. The summed E-state index contributed by atoms with van der Waals surface area (Å²) in [5, 5.41) is 0. The highest BCUT2D eigenvalue weighted by molar-refractivity contribution is 7.93. The summed E-state index contributed by atoms with van der Waals surface area (Å²) >= 11 is 0. The SMILES string of the molecule is CN1CC(C)(C)S(=O)(=O)c2cc(F)ccc21. The maximum Gasteiger partial charge on any atom is 0.187 e. The number of halogens is 1. The second kappa shape index (κ2) is 3.20. The van der Waals surface area contributed by atoms with Crippen LogP contribution in [-0.4, -0.2) is 26.8 Å². The fraction of sp³-hybridized carbons (Fsp3) is 0.455. The van der Waals surface area contributed by atoms with Crippen LogP contribution in [0.1, 0.15) is 13.8 Å². The van der Waals surface area contributed by atoms with Gasteiger partial charge < -0.3 is 4.90 Å². The normalized spacial score (nSPS) is 21.6. The van der Waals surface area contributed by atoms with Crippen LogP contribution in [0.5, 0.6) is 0 Å². The van der Waals surface area contributed by atoms with E-state index in [-0.39, 0.29) is 4.90 Å². The van der Waals surface area contributed by atoms with Crippen LogP contribution in [0.4, 0.5) is 10.1 Å². The van der Waals surface area contributed by atoms with E-state index in [0.29, 0.717) is 12.2 Å². The molecule has 3 nitrogen and oxygen atoms in total. The van der Waals surface area contributed by atoms with Crippen LogP contribution in [0.3, 0.4) is 0 Å². The molecule has 1 aliphatic rings. The minimum Gasteiger partial charge on any atom is -0.372 e. The number of hydrogen-bond donors (Lipinski definition) is 0. The van der Waals surface area contributed by atoms with Crippen LogP contribution >= 0.6 is 0 Å². The van der Waals surface area contributed by atoms with Gasteiger partial charge in [-0.05, 0) is 32.0 Å². The van der Waals surface area contributed by atoms with E-state index in [2.05, 4.69) is 0 Å². The van der Waals surface area contributed by atoms with Crippen LogP contribution in [0.2, 0.25) is 0 Å². The van der Waals surface area contributed by atoms with Crippen LogP contribution in [0.25, 0.3) is 0 Å². The molecule has 16 heavy (non-hydrogen) atoms. The molecule has 1 heterocycles. The van der Waals surface area contributed by atoms with Crippen molar-refractivity contribution in [1.29, 1.82) is 0 Å². The number of rotatable bonds is 0. The van der Waals surface area contributed by atoms with Gasteiger partial charge in [-0.2, -0.15) is 0 Å². The zero-order chi connectivity index (χ0) is 12.1. The van der Waals surface area contributed by atoms with Gasteiger partial charge in [0.15, 0.2) is 9.84 Å². The lowest BCUT2D eigenvalue weighted by atomic mass is 10.1. The van der Waals surface area contributed by atoms with Crippen molar-refractivity contribution >= 4 is 15.5 Å². The molecule has 0 fully saturated rings. The molecule has 0 bridgehead atoms. The Kier molecular flexibility index (Phi) is 2.28. The van der Waals surface area contributed by atoms with E-state index in [0.717, 1.165) is 6.07 Å². The Labute approximate surface area is 94.8 Å². The number of hydrogen-bond acceptors (Lipinski definition) is 3. The zero-order valence-corrected chi connectivity index (χ0v) is 10.3. The number of fused-ring (bicyclic) bond motifs is 1. The maximum atomic E-state index is 13.1. The molecule has 0 N–H and O–H groups in total. The van der Waals surface area contributed by atoms with Gasteiger partial charge in [0.05, 0.1) is 15.3 Å². The van der Waals surface area contributed by atoms with Crippen molar-refractivity contribution < 1.29 is 12.8 Å². The first-order valence-corrected chi connectivity index (χ1v) is 6.49. The molecule has 0 aromatic heterocycles. The molecule has 1 aromatic carbocycles. The summed E-state index contributed by atoms with van der Waals surface area (Å²) < 4.78 is 36.7. The van der Waals surface area contributed by atoms with Gasteiger partial charge in [-0.25, -0.2) is 12.8 Å². The van der Waals surface area contributed by atoms with E-state index >= 15 is 0 Å². The maximum absolute atomic E-state index is 13.1. The third-order valence-electron chi connectivity index (χ3n) is 2.97. The summed E-state index contributed by atoms with van der Waals surface area (Å²) in [5.41, 5.74) is 0.570. The van der Waals surface area contributed by atoms with Gasteiger partial charge in [0, 0.05) is 13.6 Å². The molecule has 0 radical (unpaired) electrons. The largest absolute Gasteiger partial charge is 0.372 e. The Hall–Kier alpha value is -1.10. The molecule has 2 rings (SSSR count). The minimum absolute atomic E-state index is 0.0891. The fourth-order valence-electron chi connectivity index (χ4n) is 2.06. The Balaban J connectivity index is 2.77. The Morgan fingerprint density at radius 1 is 1.38 bits per heavy atom. The molecule has 0 atom stereocenters. The summed E-state index contributed by atoms with van der Waals surface area (Å²) in [4.78, 5) is 1.93. The van der Waals surface area contributed by atoms with Gasteiger partial charge in [0.1, 0.15) is 5.82 Å². The predicted molar refractivity (Wildman–Crippen MR) is 60.9 cm³/mol. The van der Waals surface area contributed by atoms with Crippen molar-refractivity contribution in [1.82, 2.24) is 0 Å². The Bertz CT molecular complexity index is 537. The minimum atomic E-state index is -3.46. The summed E-state index contributed by atoms with van der Waals surface area (Å²) in [6.45, 7) is 3.73. The zero-order valence-electron chi connectivity index (χ0n) is 9.49. The lowest BCUT2D eigenvalue weighted by Gasteiger charge is -2.37. The molecule has 0 amide bonds. The quantitative estimate of drug-likeness (QED) is 0.697. The van der Waals surface area contributed by atoms with Crippen molar-refractivity contribution in [3.63, 3.8) is 0 Å². The summed E-state index contributed by atoms with van der Waals surface area (Å²) in [5.74, 6) is -0.520. The van der Waals surface area contributed by atoms with E-state index in [1.807, 2.05) is 11.9 Å². The highest BCUT2D eigenvalue weighted by Crippen LogP contribution is 2.38. The third-order valence-corrected chi connectivity index (χ3v) is 5.46. The average Bonchev–Trinajstić information content (AvgIpc) is 2.14. The molecule has 0 saturated heterocycles. The standard InChI is InChI=1S/C11H14FNO2S/c1-11(2)7-13(3)9-5-4-8(12)6-10(9)16(11,14)15/h4-6H,7H2,1-3H3. The molecule has 1 aromatic rings. The topological polar surface area (TPSA) is 37.4 Å². The van der Waals surface area contributed by atoms with E-state index < -0.39 is 20.4 Å². The van der Waals surface area contributed by atoms with Crippen molar-refractivity contribution in [3.05, 3.63) is 24.0 Å². The van der Waals surface area contributed by atoms with Crippen molar-refractivity contribution in [2.45, 2.75) is 23.5 Å². The van der Waals surface area contributed by atoms with Crippen LogP contribution < -0.4 is 4.90 Å². The van der Waals surface area contributed by atoms with Crippen LogP contribution in [-0.2, 0) is 9.84 Å². The number of anilines is 1. The molecule has 0 unspecified atom stereocenters. The molecule has 0 saturated carbocycles. The smallest absolute Gasteiger partial charge is 0.187 e. The average molecular weight is 243 g/mol. The lowest BCUT2D eigenvalue weighted by Crippen LogP contribution is -2.47. The molecule has 0 aliphatic carbocycles. The fourth-order valence-corrected chi connectivity index (χ4v) is 3.78. The molecule has 88 valence electrons. The summed E-state index contributed by atoms with van der Waals surface area (Å²) in [7, 11) is -1.64. The first-order chi connectivity index (χ1) is 7.25. The highest BCUT2D eigenvalue weighted by Gasteiger charge is 2.42. The Morgan fingerprint density at radius 3 is 2.62 bits per heavy atom. The van der Waals surface area contributed by atoms with Gasteiger partial charge in [-0.3, -0.25) is 0 Å². The van der Waals surface area contributed by atoms with Crippen LogP contribution in [0, 0.1) is 5.82 Å². The molecule has 5 heteroatoms. The second-order valence-electron chi connectivity index (χ2n) is 4.73. The van der Waals surface area contributed by atoms with Gasteiger partial charge in [0.25, 0.3) is 0 Å². The summed E-state index contributed by atoms with van der Waals surface area (Å²) in [6, 6.07) is 3.89. The van der Waals surface area contributed by atoms with Crippen molar-refractivity contribution in [2.24, 2.45) is 0 Å². The van der Waals surface area contributed by atoms with Crippen molar-refractivity contribution in [2.75, 3.05) is 18.5 Å². The first-order valence-electron chi connectivity index (χ1n) is 5.01. The molecular formula is C11H14FNO2S. The van der Waals surface area contributed by atoms with E-state index in [9.17, 15) is 12.8 Å². The van der Waals surface area contributed by atoms with E-state index in [1.54, 1.807) is 13.8 Å². The van der Waals surface area contributed by atoms with Crippen LogP contribution in [0.15, 0.2) is 23.1 Å². The molecular weight excluding hydrogens is 229 g/mol. The number of sulfone groups is 1. The Morgan fingerprint density at radius 2 is 2.00 bits per heavy atom. The number of benzene rings is 1. The lowest BCUT2D eigenvalue weighted by molar-refractivity contribution is 0.531. The third kappa shape index (κ3) is 1.42. The molecule has 1 aliphatic heterocycles. The van der Waals surface area contributed by atoms with E-state index in [4.69, 9.17) is 0 Å². The van der Waals surface area contributed by atoms with E-state index in [1.165, 1.54) is 12.1 Å². The van der Waals surface area contributed by atoms with Gasteiger partial charge in [-0.15, -0.1) is 0 Å². The first kappa shape index (κ1) is 11.4. The number of nitrogens with zero attached hydrogens (tertiary/aromatic N) is 1. The van der Waals surface area contributed by atoms with Gasteiger partial charge >= 0.3 is 0 Å².